The number of anilines is 1. The zero-order valence-corrected chi connectivity index (χ0v) is 16.5. The van der Waals surface area contributed by atoms with Crippen LogP contribution in [0.3, 0.4) is 0 Å². The van der Waals surface area contributed by atoms with Crippen LogP contribution in [0.1, 0.15) is 0 Å². The molecule has 1 heterocycles. The van der Waals surface area contributed by atoms with Crippen molar-refractivity contribution in [1.29, 1.82) is 0 Å². The molecule has 1 aliphatic rings. The lowest BCUT2D eigenvalue weighted by Gasteiger charge is -2.11. The van der Waals surface area contributed by atoms with Gasteiger partial charge in [0.2, 0.25) is 0 Å². The van der Waals surface area contributed by atoms with Crippen LogP contribution in [0.2, 0.25) is 0 Å². The van der Waals surface area contributed by atoms with Gasteiger partial charge in [0.25, 0.3) is 6.61 Å². The molecule has 6 nitrogen and oxygen atoms in total. The maximum absolute atomic E-state index is 11.8. The Labute approximate surface area is 174 Å². The molecular formula is C24H22N3O3+. The molecule has 150 valence electrons. The van der Waals surface area contributed by atoms with Crippen LogP contribution in [0.5, 0.6) is 0 Å². The maximum atomic E-state index is 11.8. The average molecular weight is 400 g/mol. The van der Waals surface area contributed by atoms with Gasteiger partial charge in [-0.3, -0.25) is 9.74 Å². The number of hydrogen-bond donors (Lipinski definition) is 1. The molecule has 0 saturated carbocycles. The van der Waals surface area contributed by atoms with E-state index in [1.165, 1.54) is 0 Å². The van der Waals surface area contributed by atoms with Gasteiger partial charge < -0.3 is 9.30 Å². The van der Waals surface area contributed by atoms with Crippen molar-refractivity contribution in [3.63, 3.8) is 0 Å². The predicted molar refractivity (Wildman–Crippen MR) is 117 cm³/mol. The number of nitrogens with zero attached hydrogens (tertiary/aromatic N) is 2. The van der Waals surface area contributed by atoms with Crippen molar-refractivity contribution >= 4 is 28.6 Å². The number of nitrogens with one attached hydrogen (secondary N) is 1. The Morgan fingerprint density at radius 3 is 2.80 bits per heavy atom. The van der Waals surface area contributed by atoms with Crippen molar-refractivity contribution in [2.24, 2.45) is 0 Å². The van der Waals surface area contributed by atoms with Crippen molar-refractivity contribution in [3.8, 4) is 0 Å². The summed E-state index contributed by atoms with van der Waals surface area (Å²) in [7, 11) is 0. The Morgan fingerprint density at radius 2 is 1.93 bits per heavy atom. The van der Waals surface area contributed by atoms with Gasteiger partial charge in [-0.05, 0) is 29.8 Å². The molecule has 6 heteroatoms. The van der Waals surface area contributed by atoms with E-state index in [4.69, 9.17) is 9.16 Å². The SMILES string of the molecule is C=C1C(Cn2cnc3ccccc32)=CC=CC1=[O+]CCOC(=O)Nc1ccccc1. The first-order valence-electron chi connectivity index (χ1n) is 9.66. The predicted octanol–water partition coefficient (Wildman–Crippen LogP) is 4.44. The van der Waals surface area contributed by atoms with Gasteiger partial charge in [-0.2, -0.15) is 0 Å². The Balaban J connectivity index is 1.31. The molecule has 2 aromatic carbocycles. The molecule has 30 heavy (non-hydrogen) atoms. The minimum Gasteiger partial charge on any atom is -0.439 e. The van der Waals surface area contributed by atoms with Gasteiger partial charge in [0.05, 0.1) is 29.5 Å². The number of amides is 1. The van der Waals surface area contributed by atoms with E-state index < -0.39 is 6.09 Å². The van der Waals surface area contributed by atoms with Crippen LogP contribution in [0.25, 0.3) is 11.0 Å². The number of rotatable bonds is 6. The lowest BCUT2D eigenvalue weighted by molar-refractivity contribution is -0.458. The number of fused-ring (bicyclic) bond motifs is 1. The summed E-state index contributed by atoms with van der Waals surface area (Å²) in [6.07, 6.45) is 7.13. The number of para-hydroxylation sites is 3. The summed E-state index contributed by atoms with van der Waals surface area (Å²) in [5.41, 5.74) is 4.56. The van der Waals surface area contributed by atoms with Gasteiger partial charge in [0.15, 0.2) is 6.61 Å². The standard InChI is InChI=1S/C24H21N3O3/c1-18-19(16-27-17-25-21-11-5-6-12-22(21)27)8-7-13-23(18)29-14-15-30-24(28)26-20-9-3-2-4-10-20/h2-13,17H,1,14-16H2/p+1. The molecule has 1 N–H and O–H groups in total. The first kappa shape index (κ1) is 19.4. The number of benzene rings is 2. The van der Waals surface area contributed by atoms with E-state index >= 15 is 0 Å². The van der Waals surface area contributed by atoms with E-state index in [9.17, 15) is 4.79 Å². The van der Waals surface area contributed by atoms with Gasteiger partial charge in [-0.15, -0.1) is 0 Å². The molecule has 0 aliphatic heterocycles. The van der Waals surface area contributed by atoms with Crippen molar-refractivity contribution in [2.45, 2.75) is 6.54 Å². The fourth-order valence-electron chi connectivity index (χ4n) is 3.18. The van der Waals surface area contributed by atoms with E-state index in [-0.39, 0.29) is 13.2 Å². The van der Waals surface area contributed by atoms with Gasteiger partial charge in [-0.1, -0.05) is 49.1 Å². The van der Waals surface area contributed by atoms with Crippen LogP contribution in [-0.2, 0) is 15.7 Å². The summed E-state index contributed by atoms with van der Waals surface area (Å²) in [6.45, 7) is 5.19. The quantitative estimate of drug-likeness (QED) is 0.378. The molecular weight excluding hydrogens is 378 g/mol. The fraction of sp³-hybridized carbons (Fsp3) is 0.125. The highest BCUT2D eigenvalue weighted by Crippen LogP contribution is 2.20. The second-order valence-electron chi connectivity index (χ2n) is 6.73. The van der Waals surface area contributed by atoms with Gasteiger partial charge in [-0.25, -0.2) is 9.78 Å². The largest absolute Gasteiger partial charge is 0.439 e. The Hall–Kier alpha value is -3.93. The molecule has 1 amide bonds. The summed E-state index contributed by atoms with van der Waals surface area (Å²) in [5.74, 6) is 0.670. The fourth-order valence-corrected chi connectivity index (χ4v) is 3.18. The van der Waals surface area contributed by atoms with E-state index in [1.807, 2.05) is 67.0 Å². The lowest BCUT2D eigenvalue weighted by Crippen LogP contribution is -2.18. The summed E-state index contributed by atoms with van der Waals surface area (Å²) in [4.78, 5) is 16.3. The number of ketones is 1. The summed E-state index contributed by atoms with van der Waals surface area (Å²) < 4.78 is 13.0. The first-order valence-corrected chi connectivity index (χ1v) is 9.66. The molecule has 0 radical (unpaired) electrons. The highest BCUT2D eigenvalue weighted by molar-refractivity contribution is 6.08. The summed E-state index contributed by atoms with van der Waals surface area (Å²) in [5, 5.41) is 2.66. The summed E-state index contributed by atoms with van der Waals surface area (Å²) >= 11 is 0. The minimum atomic E-state index is -0.514. The number of hydrogen-bond acceptors (Lipinski definition) is 3. The second kappa shape index (κ2) is 9.05. The highest BCUT2D eigenvalue weighted by atomic mass is 16.6. The average Bonchev–Trinajstić information content (AvgIpc) is 3.17. The monoisotopic (exact) mass is 400 g/mol. The second-order valence-corrected chi connectivity index (χ2v) is 6.73. The third-order valence-corrected chi connectivity index (χ3v) is 4.69. The van der Waals surface area contributed by atoms with Gasteiger partial charge >= 0.3 is 11.9 Å². The van der Waals surface area contributed by atoms with E-state index in [0.717, 1.165) is 22.2 Å². The molecule has 0 saturated heterocycles. The summed E-state index contributed by atoms with van der Waals surface area (Å²) in [6, 6.07) is 17.2. The first-order chi connectivity index (χ1) is 14.7. The number of carbonyl (C=O) groups excluding carboxylic acids is 2. The molecule has 0 atom stereocenters. The van der Waals surface area contributed by atoms with Crippen molar-refractivity contribution in [3.05, 3.63) is 96.9 Å². The minimum absolute atomic E-state index is 0.133. The topological polar surface area (TPSA) is 67.5 Å². The van der Waals surface area contributed by atoms with Crippen molar-refractivity contribution < 1.29 is 14.0 Å². The number of ether oxygens (including phenoxy) is 1. The smallest absolute Gasteiger partial charge is 0.411 e. The zero-order chi connectivity index (χ0) is 20.8. The number of imidazole rings is 1. The number of carbonyl (C=O) groups is 1. The Morgan fingerprint density at radius 1 is 1.13 bits per heavy atom. The third kappa shape index (κ3) is 4.55. The maximum Gasteiger partial charge on any atom is 0.411 e. The third-order valence-electron chi connectivity index (χ3n) is 4.69. The molecule has 0 unspecified atom stereocenters. The molecule has 1 aromatic heterocycles. The van der Waals surface area contributed by atoms with E-state index in [0.29, 0.717) is 18.0 Å². The normalized spacial score (nSPS) is 14.7. The number of allylic oxidation sites excluding steroid dienone is 5. The molecule has 0 fully saturated rings. The molecule has 3 aromatic rings. The van der Waals surface area contributed by atoms with Crippen LogP contribution >= 0.6 is 0 Å². The highest BCUT2D eigenvalue weighted by Gasteiger charge is 2.21. The van der Waals surface area contributed by atoms with E-state index in [1.54, 1.807) is 12.1 Å². The van der Waals surface area contributed by atoms with Crippen LogP contribution in [-0.4, -0.2) is 34.6 Å². The number of aromatic nitrogens is 2. The Bertz CT molecular complexity index is 1160. The lowest BCUT2D eigenvalue weighted by atomic mass is 9.98. The van der Waals surface area contributed by atoms with Crippen molar-refractivity contribution in [2.75, 3.05) is 18.5 Å². The molecule has 4 rings (SSSR count). The molecule has 1 aliphatic carbocycles. The molecule has 0 spiro atoms. The van der Waals surface area contributed by atoms with Crippen LogP contribution in [0, 0.1) is 0 Å². The van der Waals surface area contributed by atoms with Crippen LogP contribution in [0.15, 0.2) is 96.9 Å². The van der Waals surface area contributed by atoms with Crippen molar-refractivity contribution in [1.82, 2.24) is 9.55 Å². The van der Waals surface area contributed by atoms with Gasteiger partial charge in [0, 0.05) is 11.8 Å². The van der Waals surface area contributed by atoms with Crippen LogP contribution in [0.4, 0.5) is 10.5 Å². The Kier molecular flexibility index (Phi) is 5.85. The molecule has 0 bridgehead atoms. The van der Waals surface area contributed by atoms with Crippen LogP contribution < -0.4 is 5.32 Å². The zero-order valence-electron chi connectivity index (χ0n) is 16.5. The van der Waals surface area contributed by atoms with E-state index in [2.05, 4.69) is 21.4 Å². The van der Waals surface area contributed by atoms with Gasteiger partial charge in [0.1, 0.15) is 0 Å².